The maximum atomic E-state index is 6.81. The predicted molar refractivity (Wildman–Crippen MR) is 123 cm³/mol. The summed E-state index contributed by atoms with van der Waals surface area (Å²) in [4.78, 5) is 0. The maximum Gasteiger partial charge on any atom is 0.257 e. The summed E-state index contributed by atoms with van der Waals surface area (Å²) in [5, 5.41) is 7.14. The van der Waals surface area contributed by atoms with Gasteiger partial charge in [-0.15, -0.1) is 0 Å². The van der Waals surface area contributed by atoms with Crippen molar-refractivity contribution in [2.24, 2.45) is 0 Å². The Bertz CT molecular complexity index is 1040. The molecule has 3 aromatic rings. The summed E-state index contributed by atoms with van der Waals surface area (Å²) in [5.41, 5.74) is 1.65. The molecule has 3 aromatic carbocycles. The molecular formula is C25H32OSi. The van der Waals surface area contributed by atoms with Crippen molar-refractivity contribution >= 4 is 42.7 Å². The summed E-state index contributed by atoms with van der Waals surface area (Å²) in [5.74, 6) is 0. The minimum atomic E-state index is -1.97. The highest BCUT2D eigenvalue weighted by Gasteiger charge is 2.46. The van der Waals surface area contributed by atoms with E-state index >= 15 is 0 Å². The van der Waals surface area contributed by atoms with Crippen molar-refractivity contribution < 1.29 is 4.43 Å². The van der Waals surface area contributed by atoms with Crippen LogP contribution in [0.15, 0.2) is 48.5 Å². The molecule has 142 valence electrons. The molecule has 0 aliphatic rings. The Kier molecular flexibility index (Phi) is 5.48. The number of hydrogen-bond acceptors (Lipinski definition) is 1. The fourth-order valence-corrected chi connectivity index (χ4v) is 10.1. The van der Waals surface area contributed by atoms with Crippen LogP contribution < -0.4 is 10.4 Å². The molecule has 0 unspecified atom stereocenters. The van der Waals surface area contributed by atoms with Crippen LogP contribution in [-0.2, 0) is 4.43 Å². The van der Waals surface area contributed by atoms with Gasteiger partial charge in [0, 0.05) is 5.22 Å². The van der Waals surface area contributed by atoms with E-state index in [4.69, 9.17) is 4.43 Å². The third-order valence-electron chi connectivity index (χ3n) is 6.17. The molecule has 2 heteroatoms. The molecule has 0 heterocycles. The van der Waals surface area contributed by atoms with Gasteiger partial charge in [-0.2, -0.15) is 0 Å². The summed E-state index contributed by atoms with van der Waals surface area (Å²) < 4.78 is 6.81. The summed E-state index contributed by atoms with van der Waals surface area (Å²) in [7, 11) is -1.97. The Morgan fingerprint density at radius 2 is 1.11 bits per heavy atom. The topological polar surface area (TPSA) is 9.23 Å². The molecule has 0 atom stereocenters. The fraction of sp³-hybridized carbons (Fsp3) is 0.360. The first-order chi connectivity index (χ1) is 12.8. The smallest absolute Gasteiger partial charge is 0.257 e. The highest BCUT2D eigenvalue weighted by molar-refractivity contribution is 6.78. The van der Waals surface area contributed by atoms with Crippen LogP contribution in [-0.4, -0.2) is 8.32 Å². The average molecular weight is 377 g/mol. The van der Waals surface area contributed by atoms with Gasteiger partial charge in [0.25, 0.3) is 8.32 Å². The van der Waals surface area contributed by atoms with Gasteiger partial charge >= 0.3 is 0 Å². The van der Waals surface area contributed by atoms with E-state index in [0.29, 0.717) is 16.6 Å². The van der Waals surface area contributed by atoms with Gasteiger partial charge in [0.2, 0.25) is 0 Å². The number of benzene rings is 3. The first kappa shape index (κ1) is 19.7. The molecule has 0 bridgehead atoms. The van der Waals surface area contributed by atoms with Crippen LogP contribution in [0.3, 0.4) is 0 Å². The van der Waals surface area contributed by atoms with Gasteiger partial charge in [0.1, 0.15) is 0 Å². The molecule has 1 nitrogen and oxygen atoms in total. The van der Waals surface area contributed by atoms with Crippen molar-refractivity contribution in [3.8, 4) is 0 Å². The van der Waals surface area contributed by atoms with E-state index in [1.54, 1.807) is 0 Å². The Hall–Kier alpha value is -2.06. The molecule has 0 aliphatic carbocycles. The van der Waals surface area contributed by atoms with Gasteiger partial charge in [-0.25, -0.2) is 0 Å². The molecule has 0 aromatic heterocycles. The highest BCUT2D eigenvalue weighted by Crippen LogP contribution is 2.42. The highest BCUT2D eigenvalue weighted by atomic mass is 28.4. The molecule has 0 amide bonds. The predicted octanol–water partition coefficient (Wildman–Crippen LogP) is 6.33. The van der Waals surface area contributed by atoms with E-state index in [0.717, 1.165) is 10.4 Å². The minimum Gasteiger partial charge on any atom is -0.548 e. The van der Waals surface area contributed by atoms with Crippen molar-refractivity contribution in [2.75, 3.05) is 0 Å². The van der Waals surface area contributed by atoms with Crippen molar-refractivity contribution in [1.82, 2.24) is 0 Å². The summed E-state index contributed by atoms with van der Waals surface area (Å²) in [6.45, 7) is 18.4. The second kappa shape index (κ2) is 7.51. The number of fused-ring (bicyclic) bond motifs is 3. The molecule has 0 radical (unpaired) electrons. The largest absolute Gasteiger partial charge is 0.548 e. The Morgan fingerprint density at radius 1 is 0.704 bits per heavy atom. The molecule has 0 saturated carbocycles. The van der Waals surface area contributed by atoms with Gasteiger partial charge in [0.15, 0.2) is 0 Å². The minimum absolute atomic E-state index is 0.550. The summed E-state index contributed by atoms with van der Waals surface area (Å²) in [6.07, 6.45) is 2.04. The molecule has 0 spiro atoms. The lowest BCUT2D eigenvalue weighted by Gasteiger charge is -2.41. The summed E-state index contributed by atoms with van der Waals surface area (Å²) >= 11 is 0. The van der Waals surface area contributed by atoms with E-state index in [2.05, 4.69) is 96.7 Å². The van der Waals surface area contributed by atoms with Crippen LogP contribution in [0.1, 0.15) is 41.5 Å². The van der Waals surface area contributed by atoms with Gasteiger partial charge in [-0.05, 0) is 43.4 Å². The van der Waals surface area contributed by atoms with Crippen LogP contribution in [0.2, 0.25) is 16.6 Å². The van der Waals surface area contributed by atoms with E-state index in [9.17, 15) is 0 Å². The second-order valence-electron chi connectivity index (χ2n) is 8.54. The normalized spacial score (nSPS) is 13.4. The van der Waals surface area contributed by atoms with Gasteiger partial charge < -0.3 is 4.43 Å². The van der Waals surface area contributed by atoms with E-state index in [1.807, 2.05) is 6.26 Å². The zero-order chi connectivity index (χ0) is 19.8. The van der Waals surface area contributed by atoms with Crippen LogP contribution in [0.5, 0.6) is 0 Å². The zero-order valence-corrected chi connectivity index (χ0v) is 18.5. The molecule has 3 rings (SSSR count). The monoisotopic (exact) mass is 376 g/mol. The van der Waals surface area contributed by atoms with Crippen LogP contribution in [0.25, 0.3) is 34.4 Å². The molecular weight excluding hydrogens is 344 g/mol. The van der Waals surface area contributed by atoms with Gasteiger partial charge in [0.05, 0.1) is 6.26 Å². The molecule has 0 saturated heterocycles. The maximum absolute atomic E-state index is 6.81. The molecule has 0 aliphatic heterocycles. The van der Waals surface area contributed by atoms with E-state index in [1.165, 1.54) is 21.5 Å². The Labute approximate surface area is 164 Å². The fourth-order valence-electron chi connectivity index (χ4n) is 4.95. The molecule has 0 fully saturated rings. The quantitative estimate of drug-likeness (QED) is 0.373. The van der Waals surface area contributed by atoms with Crippen molar-refractivity contribution in [1.29, 1.82) is 0 Å². The zero-order valence-electron chi connectivity index (χ0n) is 17.5. The Balaban J connectivity index is 2.33. The first-order valence-electron chi connectivity index (χ1n) is 10.1. The number of rotatable bonds is 5. The summed E-state index contributed by atoms with van der Waals surface area (Å²) in [6, 6.07) is 17.1. The SMILES string of the molecule is C=c1/c(=C/O[Si](C(C)C)(C(C)C)C(C)C)c2ccccc2c2ccccc12. The van der Waals surface area contributed by atoms with Crippen molar-refractivity contribution in [3.05, 3.63) is 59.0 Å². The Morgan fingerprint density at radius 3 is 1.59 bits per heavy atom. The van der Waals surface area contributed by atoms with Crippen molar-refractivity contribution in [3.63, 3.8) is 0 Å². The molecule has 0 N–H and O–H groups in total. The second-order valence-corrected chi connectivity index (χ2v) is 13.9. The van der Waals surface area contributed by atoms with E-state index < -0.39 is 8.32 Å². The van der Waals surface area contributed by atoms with Gasteiger partial charge in [-0.3, -0.25) is 0 Å². The lowest BCUT2D eigenvalue weighted by atomic mass is 9.98. The third-order valence-corrected chi connectivity index (χ3v) is 12.1. The molecule has 27 heavy (non-hydrogen) atoms. The third kappa shape index (κ3) is 3.21. The lowest BCUT2D eigenvalue weighted by Crippen LogP contribution is -2.47. The van der Waals surface area contributed by atoms with Crippen molar-refractivity contribution in [2.45, 2.75) is 58.2 Å². The van der Waals surface area contributed by atoms with Crippen LogP contribution in [0.4, 0.5) is 0 Å². The van der Waals surface area contributed by atoms with E-state index in [-0.39, 0.29) is 0 Å². The average Bonchev–Trinajstić information content (AvgIpc) is 2.63. The standard InChI is InChI=1S/C25H32OSi/c1-17(2)27(18(3)4,19(5)6)26-16-25-20(7)21-12-8-9-13-22(21)23-14-10-11-15-24(23)25/h8-19H,7H2,1-6H3/b25-16-. The van der Waals surface area contributed by atoms with Crippen LogP contribution >= 0.6 is 0 Å². The lowest BCUT2D eigenvalue weighted by molar-refractivity contribution is 0.463. The van der Waals surface area contributed by atoms with Crippen LogP contribution in [0, 0.1) is 0 Å². The van der Waals surface area contributed by atoms with Gasteiger partial charge in [-0.1, -0.05) is 96.7 Å². The first-order valence-corrected chi connectivity index (χ1v) is 12.2. The number of hydrogen-bond donors (Lipinski definition) is 0.